The molecule has 0 aliphatic heterocycles. The third-order valence-electron chi connectivity index (χ3n) is 2.63. The second kappa shape index (κ2) is 5.30. The number of amides is 1. The molecule has 94 valence electrons. The number of nitrogens with zero attached hydrogens (tertiary/aromatic N) is 3. The highest BCUT2D eigenvalue weighted by atomic mass is 79.9. The van der Waals surface area contributed by atoms with Crippen LogP contribution in [0.25, 0.3) is 0 Å². The zero-order valence-corrected chi connectivity index (χ0v) is 11.7. The number of carbonyl (C=O) groups is 1. The minimum Gasteiger partial charge on any atom is -0.345 e. The van der Waals surface area contributed by atoms with Crippen LogP contribution in [0, 0.1) is 6.92 Å². The zero-order valence-electron chi connectivity index (χ0n) is 10.1. The first-order valence-electron chi connectivity index (χ1n) is 5.47. The second-order valence-electron chi connectivity index (χ2n) is 3.88. The van der Waals surface area contributed by atoms with Crippen LogP contribution in [0.15, 0.2) is 28.9 Å². The fourth-order valence-electron chi connectivity index (χ4n) is 1.48. The number of nitrogens with one attached hydrogen (secondary N) is 1. The van der Waals surface area contributed by atoms with Crippen LogP contribution >= 0.6 is 15.9 Å². The first-order chi connectivity index (χ1) is 8.59. The monoisotopic (exact) mass is 308 g/mol. The molecule has 0 fully saturated rings. The van der Waals surface area contributed by atoms with E-state index in [1.807, 2.05) is 25.1 Å². The Morgan fingerprint density at radius 1 is 1.50 bits per heavy atom. The predicted molar refractivity (Wildman–Crippen MR) is 71.1 cm³/mol. The van der Waals surface area contributed by atoms with Gasteiger partial charge in [0.05, 0.1) is 22.4 Å². The SMILES string of the molecule is Cc1c(Br)c(C(=O)NCc2ccccn2)nn1C. The maximum Gasteiger partial charge on any atom is 0.273 e. The molecule has 2 heterocycles. The van der Waals surface area contributed by atoms with Crippen LogP contribution in [0.5, 0.6) is 0 Å². The Labute approximate surface area is 113 Å². The third kappa shape index (κ3) is 2.59. The molecule has 5 nitrogen and oxygen atoms in total. The van der Waals surface area contributed by atoms with Gasteiger partial charge < -0.3 is 5.32 Å². The summed E-state index contributed by atoms with van der Waals surface area (Å²) in [6, 6.07) is 5.58. The van der Waals surface area contributed by atoms with Gasteiger partial charge in [0.2, 0.25) is 0 Å². The fraction of sp³-hybridized carbons (Fsp3) is 0.250. The highest BCUT2D eigenvalue weighted by Crippen LogP contribution is 2.19. The summed E-state index contributed by atoms with van der Waals surface area (Å²) in [5, 5.41) is 6.95. The summed E-state index contributed by atoms with van der Waals surface area (Å²) < 4.78 is 2.39. The lowest BCUT2D eigenvalue weighted by Crippen LogP contribution is -2.24. The Bertz CT molecular complexity index is 565. The van der Waals surface area contributed by atoms with Gasteiger partial charge in [-0.25, -0.2) is 0 Å². The van der Waals surface area contributed by atoms with Crippen LogP contribution in [0.2, 0.25) is 0 Å². The summed E-state index contributed by atoms with van der Waals surface area (Å²) in [5.41, 5.74) is 2.12. The highest BCUT2D eigenvalue weighted by Gasteiger charge is 2.17. The van der Waals surface area contributed by atoms with Crippen molar-refractivity contribution in [3.8, 4) is 0 Å². The Morgan fingerprint density at radius 2 is 2.28 bits per heavy atom. The normalized spacial score (nSPS) is 10.4. The number of aryl methyl sites for hydroxylation is 1. The summed E-state index contributed by atoms with van der Waals surface area (Å²) in [4.78, 5) is 16.1. The molecule has 0 atom stereocenters. The Kier molecular flexibility index (Phi) is 3.76. The van der Waals surface area contributed by atoms with Crippen molar-refractivity contribution in [1.29, 1.82) is 0 Å². The standard InChI is InChI=1S/C12H13BrN4O/c1-8-10(13)11(16-17(8)2)12(18)15-7-9-5-3-4-6-14-9/h3-6H,7H2,1-2H3,(H,15,18). The molecule has 0 saturated heterocycles. The van der Waals surface area contributed by atoms with Crippen molar-refractivity contribution in [2.24, 2.45) is 7.05 Å². The molecule has 2 aromatic rings. The van der Waals surface area contributed by atoms with E-state index in [1.165, 1.54) is 0 Å². The van der Waals surface area contributed by atoms with Crippen LogP contribution in [-0.4, -0.2) is 20.7 Å². The molecular weight excluding hydrogens is 296 g/mol. The molecule has 2 rings (SSSR count). The molecule has 1 amide bonds. The van der Waals surface area contributed by atoms with Crippen molar-refractivity contribution in [2.45, 2.75) is 13.5 Å². The summed E-state index contributed by atoms with van der Waals surface area (Å²) in [5.74, 6) is -0.212. The topological polar surface area (TPSA) is 59.8 Å². The second-order valence-corrected chi connectivity index (χ2v) is 4.67. The van der Waals surface area contributed by atoms with Crippen molar-refractivity contribution in [1.82, 2.24) is 20.1 Å². The van der Waals surface area contributed by atoms with Gasteiger partial charge in [0, 0.05) is 13.2 Å². The molecule has 2 aromatic heterocycles. The smallest absolute Gasteiger partial charge is 0.273 e. The van der Waals surface area contributed by atoms with Gasteiger partial charge in [0.1, 0.15) is 0 Å². The molecule has 0 radical (unpaired) electrons. The number of pyridine rings is 1. The van der Waals surface area contributed by atoms with Gasteiger partial charge in [-0.2, -0.15) is 5.10 Å². The number of halogens is 1. The summed E-state index contributed by atoms with van der Waals surface area (Å²) in [6.45, 7) is 2.29. The lowest BCUT2D eigenvalue weighted by molar-refractivity contribution is 0.0944. The van der Waals surface area contributed by atoms with Crippen molar-refractivity contribution >= 4 is 21.8 Å². The van der Waals surface area contributed by atoms with E-state index in [1.54, 1.807) is 17.9 Å². The van der Waals surface area contributed by atoms with E-state index in [9.17, 15) is 4.79 Å². The first-order valence-corrected chi connectivity index (χ1v) is 6.26. The van der Waals surface area contributed by atoms with Gasteiger partial charge in [-0.3, -0.25) is 14.5 Å². The van der Waals surface area contributed by atoms with Crippen molar-refractivity contribution in [2.75, 3.05) is 0 Å². The van der Waals surface area contributed by atoms with Gasteiger partial charge in [0.15, 0.2) is 5.69 Å². The number of hydrogen-bond donors (Lipinski definition) is 1. The Balaban J connectivity index is 2.06. The van der Waals surface area contributed by atoms with E-state index in [0.29, 0.717) is 12.2 Å². The molecule has 18 heavy (non-hydrogen) atoms. The Morgan fingerprint density at radius 3 is 2.83 bits per heavy atom. The maximum atomic E-state index is 12.0. The van der Waals surface area contributed by atoms with Crippen LogP contribution in [0.4, 0.5) is 0 Å². The largest absolute Gasteiger partial charge is 0.345 e. The third-order valence-corrected chi connectivity index (χ3v) is 3.58. The average Bonchev–Trinajstić information content (AvgIpc) is 2.65. The Hall–Kier alpha value is -1.69. The predicted octanol–water partition coefficient (Wildman–Crippen LogP) is 1.82. The number of carbonyl (C=O) groups excluding carboxylic acids is 1. The minimum absolute atomic E-state index is 0.212. The van der Waals surface area contributed by atoms with Crippen LogP contribution in [0.1, 0.15) is 21.9 Å². The van der Waals surface area contributed by atoms with Crippen LogP contribution < -0.4 is 5.32 Å². The quantitative estimate of drug-likeness (QED) is 0.941. The van der Waals surface area contributed by atoms with E-state index in [0.717, 1.165) is 15.9 Å². The molecule has 0 spiro atoms. The van der Waals surface area contributed by atoms with Crippen molar-refractivity contribution in [3.05, 3.63) is 46.0 Å². The lowest BCUT2D eigenvalue weighted by atomic mass is 10.3. The summed E-state index contributed by atoms with van der Waals surface area (Å²) in [6.07, 6.45) is 1.70. The van der Waals surface area contributed by atoms with Gasteiger partial charge in [-0.05, 0) is 35.0 Å². The van der Waals surface area contributed by atoms with E-state index in [2.05, 4.69) is 31.3 Å². The van der Waals surface area contributed by atoms with E-state index in [-0.39, 0.29) is 5.91 Å². The summed E-state index contributed by atoms with van der Waals surface area (Å²) in [7, 11) is 1.80. The fourth-order valence-corrected chi connectivity index (χ4v) is 2.00. The lowest BCUT2D eigenvalue weighted by Gasteiger charge is -2.02. The van der Waals surface area contributed by atoms with E-state index in [4.69, 9.17) is 0 Å². The van der Waals surface area contributed by atoms with E-state index >= 15 is 0 Å². The highest BCUT2D eigenvalue weighted by molar-refractivity contribution is 9.10. The molecule has 1 N–H and O–H groups in total. The zero-order chi connectivity index (χ0) is 13.1. The molecule has 0 aromatic carbocycles. The molecule has 0 aliphatic rings. The van der Waals surface area contributed by atoms with Crippen molar-refractivity contribution in [3.63, 3.8) is 0 Å². The van der Waals surface area contributed by atoms with Crippen LogP contribution in [-0.2, 0) is 13.6 Å². The van der Waals surface area contributed by atoms with Gasteiger partial charge >= 0.3 is 0 Å². The van der Waals surface area contributed by atoms with Gasteiger partial charge in [-0.1, -0.05) is 6.07 Å². The minimum atomic E-state index is -0.212. The molecule has 0 saturated carbocycles. The van der Waals surface area contributed by atoms with Crippen molar-refractivity contribution < 1.29 is 4.79 Å². The molecular formula is C12H13BrN4O. The molecule has 0 unspecified atom stereocenters. The first kappa shape index (κ1) is 12.8. The van der Waals surface area contributed by atoms with Gasteiger partial charge in [0.25, 0.3) is 5.91 Å². The number of rotatable bonds is 3. The molecule has 6 heteroatoms. The molecule has 0 aliphatic carbocycles. The number of hydrogen-bond acceptors (Lipinski definition) is 3. The summed E-state index contributed by atoms with van der Waals surface area (Å²) >= 11 is 3.37. The molecule has 0 bridgehead atoms. The van der Waals surface area contributed by atoms with E-state index < -0.39 is 0 Å². The van der Waals surface area contributed by atoms with Gasteiger partial charge in [-0.15, -0.1) is 0 Å². The average molecular weight is 309 g/mol. The number of aromatic nitrogens is 3. The maximum absolute atomic E-state index is 12.0. The van der Waals surface area contributed by atoms with Crippen LogP contribution in [0.3, 0.4) is 0 Å².